The fraction of sp³-hybridized carbons (Fsp3) is 0.273. The van der Waals surface area contributed by atoms with Crippen LogP contribution >= 0.6 is 23.2 Å². The zero-order valence-electron chi connectivity index (χ0n) is 9.27. The van der Waals surface area contributed by atoms with E-state index in [0.29, 0.717) is 15.6 Å². The number of hydrogen-bond donors (Lipinski definition) is 2. The second-order valence-electron chi connectivity index (χ2n) is 3.63. The Bertz CT molecular complexity index is 428. The SMILES string of the molecule is O=C(O)CN(CC(=O)O)Cc1c(Cl)cccc1Cl. The molecule has 0 fully saturated rings. The first kappa shape index (κ1) is 14.8. The number of carboxylic acids is 2. The summed E-state index contributed by atoms with van der Waals surface area (Å²) in [5.41, 5.74) is 0.517. The smallest absolute Gasteiger partial charge is 0.317 e. The Morgan fingerprint density at radius 3 is 1.89 bits per heavy atom. The summed E-state index contributed by atoms with van der Waals surface area (Å²) >= 11 is 11.9. The van der Waals surface area contributed by atoms with E-state index in [1.54, 1.807) is 18.2 Å². The molecule has 0 aliphatic carbocycles. The van der Waals surface area contributed by atoms with Crippen LogP contribution in [-0.4, -0.2) is 40.1 Å². The fourth-order valence-electron chi connectivity index (χ4n) is 1.46. The Balaban J connectivity index is 2.88. The second-order valence-corrected chi connectivity index (χ2v) is 4.45. The van der Waals surface area contributed by atoms with Crippen LogP contribution in [0.5, 0.6) is 0 Å². The molecule has 0 heterocycles. The molecule has 0 bridgehead atoms. The molecule has 0 atom stereocenters. The van der Waals surface area contributed by atoms with Crippen molar-refractivity contribution in [2.75, 3.05) is 13.1 Å². The standard InChI is InChI=1S/C11H11Cl2NO4/c12-8-2-1-3-9(13)7(8)4-14(5-10(15)16)6-11(17)18/h1-3H,4-6H2,(H,15,16)(H,17,18). The average molecular weight is 292 g/mol. The van der Waals surface area contributed by atoms with Crippen LogP contribution in [0.4, 0.5) is 0 Å². The van der Waals surface area contributed by atoms with Gasteiger partial charge in [0.05, 0.1) is 13.1 Å². The third-order valence-electron chi connectivity index (χ3n) is 2.16. The number of rotatable bonds is 6. The van der Waals surface area contributed by atoms with Gasteiger partial charge < -0.3 is 10.2 Å². The second kappa shape index (κ2) is 6.58. The number of carbonyl (C=O) groups is 2. The van der Waals surface area contributed by atoms with E-state index in [0.717, 1.165) is 0 Å². The van der Waals surface area contributed by atoms with Crippen molar-refractivity contribution in [2.45, 2.75) is 6.54 Å². The van der Waals surface area contributed by atoms with E-state index in [1.165, 1.54) is 4.90 Å². The topological polar surface area (TPSA) is 77.8 Å². The third-order valence-corrected chi connectivity index (χ3v) is 2.87. The van der Waals surface area contributed by atoms with E-state index in [4.69, 9.17) is 33.4 Å². The predicted octanol–water partition coefficient (Wildman–Crippen LogP) is 1.96. The van der Waals surface area contributed by atoms with Crippen LogP contribution in [0.3, 0.4) is 0 Å². The zero-order chi connectivity index (χ0) is 13.7. The summed E-state index contributed by atoms with van der Waals surface area (Å²) in [7, 11) is 0. The Hall–Kier alpha value is -1.30. The van der Waals surface area contributed by atoms with Crippen molar-refractivity contribution in [3.05, 3.63) is 33.8 Å². The van der Waals surface area contributed by atoms with Crippen LogP contribution in [0.15, 0.2) is 18.2 Å². The molecular weight excluding hydrogens is 281 g/mol. The van der Waals surface area contributed by atoms with Crippen molar-refractivity contribution in [3.63, 3.8) is 0 Å². The Morgan fingerprint density at radius 2 is 1.50 bits per heavy atom. The van der Waals surface area contributed by atoms with Crippen LogP contribution in [0.25, 0.3) is 0 Å². The largest absolute Gasteiger partial charge is 0.480 e. The number of hydrogen-bond acceptors (Lipinski definition) is 3. The molecule has 0 aromatic heterocycles. The molecule has 1 aromatic rings. The first-order valence-corrected chi connectivity index (χ1v) is 5.74. The summed E-state index contributed by atoms with van der Waals surface area (Å²) in [5.74, 6) is -2.22. The molecule has 0 unspecified atom stereocenters. The van der Waals surface area contributed by atoms with Gasteiger partial charge in [0.15, 0.2) is 0 Å². The lowest BCUT2D eigenvalue weighted by Gasteiger charge is -2.19. The maximum Gasteiger partial charge on any atom is 0.317 e. The van der Waals surface area contributed by atoms with Gasteiger partial charge in [-0.15, -0.1) is 0 Å². The number of nitrogens with zero attached hydrogens (tertiary/aromatic N) is 1. The van der Waals surface area contributed by atoms with Crippen molar-refractivity contribution in [1.82, 2.24) is 4.90 Å². The first-order valence-electron chi connectivity index (χ1n) is 4.99. The van der Waals surface area contributed by atoms with Crippen LogP contribution in [0, 0.1) is 0 Å². The highest BCUT2D eigenvalue weighted by molar-refractivity contribution is 6.35. The molecule has 0 saturated heterocycles. The molecule has 1 rings (SSSR count). The highest BCUT2D eigenvalue weighted by atomic mass is 35.5. The van der Waals surface area contributed by atoms with Gasteiger partial charge in [0.25, 0.3) is 0 Å². The molecule has 0 aliphatic heterocycles. The molecule has 0 saturated carbocycles. The van der Waals surface area contributed by atoms with Crippen LogP contribution in [-0.2, 0) is 16.1 Å². The van der Waals surface area contributed by atoms with E-state index in [-0.39, 0.29) is 6.54 Å². The van der Waals surface area contributed by atoms with Gasteiger partial charge in [0.2, 0.25) is 0 Å². The van der Waals surface area contributed by atoms with Gasteiger partial charge in [-0.25, -0.2) is 0 Å². The highest BCUT2D eigenvalue weighted by Gasteiger charge is 2.16. The monoisotopic (exact) mass is 291 g/mol. The molecule has 1 aromatic carbocycles. The van der Waals surface area contributed by atoms with Crippen LogP contribution < -0.4 is 0 Å². The molecule has 0 amide bonds. The van der Waals surface area contributed by atoms with Gasteiger partial charge in [0, 0.05) is 22.2 Å². The molecule has 0 spiro atoms. The Labute approximate surface area is 114 Å². The lowest BCUT2D eigenvalue weighted by molar-refractivity contribution is -0.142. The van der Waals surface area contributed by atoms with E-state index in [9.17, 15) is 9.59 Å². The van der Waals surface area contributed by atoms with Gasteiger partial charge in [0.1, 0.15) is 0 Å². The lowest BCUT2D eigenvalue weighted by Crippen LogP contribution is -2.34. The molecule has 0 radical (unpaired) electrons. The van der Waals surface area contributed by atoms with E-state index in [2.05, 4.69) is 0 Å². The average Bonchev–Trinajstić information content (AvgIpc) is 2.21. The van der Waals surface area contributed by atoms with Crippen LogP contribution in [0.1, 0.15) is 5.56 Å². The summed E-state index contributed by atoms with van der Waals surface area (Å²) in [5, 5.41) is 18.2. The maximum absolute atomic E-state index is 10.7. The molecule has 2 N–H and O–H groups in total. The molecule has 5 nitrogen and oxygen atoms in total. The summed E-state index contributed by atoms with van der Waals surface area (Å²) < 4.78 is 0. The van der Waals surface area contributed by atoms with Gasteiger partial charge in [-0.3, -0.25) is 14.5 Å². The maximum atomic E-state index is 10.7. The summed E-state index contributed by atoms with van der Waals surface area (Å²) in [6, 6.07) is 4.89. The quantitative estimate of drug-likeness (QED) is 0.838. The van der Waals surface area contributed by atoms with Crippen molar-refractivity contribution < 1.29 is 19.8 Å². The van der Waals surface area contributed by atoms with Gasteiger partial charge in [-0.1, -0.05) is 29.3 Å². The van der Waals surface area contributed by atoms with Crippen LogP contribution in [0.2, 0.25) is 10.0 Å². The fourth-order valence-corrected chi connectivity index (χ4v) is 1.97. The lowest BCUT2D eigenvalue weighted by atomic mass is 10.2. The Kier molecular flexibility index (Phi) is 5.40. The predicted molar refractivity (Wildman–Crippen MR) is 67.0 cm³/mol. The van der Waals surface area contributed by atoms with Crippen molar-refractivity contribution in [3.8, 4) is 0 Å². The summed E-state index contributed by atoms with van der Waals surface area (Å²) in [6.45, 7) is -0.723. The highest BCUT2D eigenvalue weighted by Crippen LogP contribution is 2.25. The molecule has 0 aliphatic rings. The summed E-state index contributed by atoms with van der Waals surface area (Å²) in [6.07, 6.45) is 0. The van der Waals surface area contributed by atoms with E-state index >= 15 is 0 Å². The van der Waals surface area contributed by atoms with E-state index in [1.807, 2.05) is 0 Å². The molecule has 7 heteroatoms. The Morgan fingerprint density at radius 1 is 1.06 bits per heavy atom. The minimum absolute atomic E-state index is 0.0666. The number of benzene rings is 1. The number of aliphatic carboxylic acids is 2. The minimum atomic E-state index is -1.11. The first-order chi connectivity index (χ1) is 8.40. The van der Waals surface area contributed by atoms with Crippen molar-refractivity contribution >= 4 is 35.1 Å². The van der Waals surface area contributed by atoms with Crippen molar-refractivity contribution in [2.24, 2.45) is 0 Å². The molecule has 18 heavy (non-hydrogen) atoms. The number of halogens is 2. The van der Waals surface area contributed by atoms with Gasteiger partial charge in [-0.05, 0) is 12.1 Å². The van der Waals surface area contributed by atoms with Gasteiger partial charge >= 0.3 is 11.9 Å². The molecule has 98 valence electrons. The zero-order valence-corrected chi connectivity index (χ0v) is 10.8. The minimum Gasteiger partial charge on any atom is -0.480 e. The van der Waals surface area contributed by atoms with E-state index < -0.39 is 25.0 Å². The number of carboxylic acid groups (broad SMARTS) is 2. The van der Waals surface area contributed by atoms with Crippen molar-refractivity contribution in [1.29, 1.82) is 0 Å². The van der Waals surface area contributed by atoms with Gasteiger partial charge in [-0.2, -0.15) is 0 Å². The third kappa shape index (κ3) is 4.52. The molecular formula is C11H11Cl2NO4. The normalized spacial score (nSPS) is 10.6. The summed E-state index contributed by atoms with van der Waals surface area (Å²) in [4.78, 5) is 22.5.